The maximum absolute atomic E-state index is 13.3. The Labute approximate surface area is 145 Å². The monoisotopic (exact) mass is 391 g/mol. The SMILES string of the molecule is COc1cc(S(=O)(=O)c2c(C#N)cc(Cl)cc2C(F)(F)F)ccc1O. The number of phenolic OH excluding ortho intramolecular Hbond substituents is 1. The number of methoxy groups -OCH3 is 1. The first-order valence-electron chi connectivity index (χ1n) is 6.45. The normalized spacial score (nSPS) is 11.8. The van der Waals surface area contributed by atoms with Crippen molar-refractivity contribution in [2.24, 2.45) is 0 Å². The van der Waals surface area contributed by atoms with E-state index >= 15 is 0 Å². The van der Waals surface area contributed by atoms with Gasteiger partial charge in [0.25, 0.3) is 0 Å². The summed E-state index contributed by atoms with van der Waals surface area (Å²) in [5, 5.41) is 18.2. The molecule has 2 rings (SSSR count). The van der Waals surface area contributed by atoms with Crippen molar-refractivity contribution in [2.75, 3.05) is 7.11 Å². The molecule has 2 aromatic carbocycles. The largest absolute Gasteiger partial charge is 0.504 e. The summed E-state index contributed by atoms with van der Waals surface area (Å²) in [4.78, 5) is -1.79. The average molecular weight is 392 g/mol. The van der Waals surface area contributed by atoms with Crippen molar-refractivity contribution in [3.63, 3.8) is 0 Å². The highest BCUT2D eigenvalue weighted by Gasteiger charge is 2.40. The van der Waals surface area contributed by atoms with Crippen molar-refractivity contribution in [3.05, 3.63) is 46.5 Å². The molecule has 0 radical (unpaired) electrons. The number of sulfone groups is 1. The maximum atomic E-state index is 13.3. The van der Waals surface area contributed by atoms with Crippen LogP contribution in [0.2, 0.25) is 5.02 Å². The molecule has 0 spiro atoms. The van der Waals surface area contributed by atoms with Crippen molar-refractivity contribution < 1.29 is 31.4 Å². The zero-order valence-corrected chi connectivity index (χ0v) is 14.0. The van der Waals surface area contributed by atoms with Gasteiger partial charge in [0.1, 0.15) is 11.0 Å². The number of benzene rings is 2. The fraction of sp³-hybridized carbons (Fsp3) is 0.133. The number of hydrogen-bond donors (Lipinski definition) is 1. The van der Waals surface area contributed by atoms with Crippen molar-refractivity contribution in [3.8, 4) is 17.6 Å². The summed E-state index contributed by atoms with van der Waals surface area (Å²) in [5.74, 6) is -0.642. The molecule has 0 aliphatic heterocycles. The van der Waals surface area contributed by atoms with Crippen LogP contribution in [0.4, 0.5) is 13.2 Å². The third kappa shape index (κ3) is 3.50. The van der Waals surface area contributed by atoms with E-state index < -0.39 is 47.7 Å². The van der Waals surface area contributed by atoms with E-state index in [1.54, 1.807) is 0 Å². The topological polar surface area (TPSA) is 87.4 Å². The molecule has 0 bridgehead atoms. The summed E-state index contributed by atoms with van der Waals surface area (Å²) in [6.07, 6.45) is -5.06. The predicted molar refractivity (Wildman–Crippen MR) is 81.3 cm³/mol. The third-order valence-electron chi connectivity index (χ3n) is 3.21. The van der Waals surface area contributed by atoms with Crippen LogP contribution < -0.4 is 4.74 Å². The Bertz CT molecular complexity index is 981. The second kappa shape index (κ2) is 6.46. The molecule has 25 heavy (non-hydrogen) atoms. The van der Waals surface area contributed by atoms with Crippen LogP contribution in [-0.2, 0) is 16.0 Å². The lowest BCUT2D eigenvalue weighted by Gasteiger charge is -2.16. The average Bonchev–Trinajstić information content (AvgIpc) is 2.53. The number of aromatic hydroxyl groups is 1. The van der Waals surface area contributed by atoms with Gasteiger partial charge in [-0.2, -0.15) is 18.4 Å². The van der Waals surface area contributed by atoms with Crippen LogP contribution in [0.5, 0.6) is 11.5 Å². The van der Waals surface area contributed by atoms with Gasteiger partial charge in [-0.25, -0.2) is 8.42 Å². The molecule has 0 fully saturated rings. The number of phenols is 1. The molecule has 0 unspecified atom stereocenters. The molecule has 0 aliphatic rings. The Morgan fingerprint density at radius 1 is 1.24 bits per heavy atom. The van der Waals surface area contributed by atoms with Gasteiger partial charge in [-0.15, -0.1) is 0 Å². The van der Waals surface area contributed by atoms with Gasteiger partial charge >= 0.3 is 6.18 Å². The van der Waals surface area contributed by atoms with Crippen molar-refractivity contribution in [1.82, 2.24) is 0 Å². The summed E-state index contributed by atoms with van der Waals surface area (Å²) < 4.78 is 70.2. The summed E-state index contributed by atoms with van der Waals surface area (Å²) in [7, 11) is -3.61. The zero-order valence-electron chi connectivity index (χ0n) is 12.4. The van der Waals surface area contributed by atoms with E-state index in [4.69, 9.17) is 21.6 Å². The number of alkyl halides is 3. The maximum Gasteiger partial charge on any atom is 0.417 e. The second-order valence-corrected chi connectivity index (χ2v) is 7.10. The summed E-state index contributed by atoms with van der Waals surface area (Å²) in [5.41, 5.74) is -2.30. The lowest BCUT2D eigenvalue weighted by molar-refractivity contribution is -0.139. The van der Waals surface area contributed by atoms with Gasteiger partial charge in [-0.3, -0.25) is 0 Å². The molecular weight excluding hydrogens is 383 g/mol. The van der Waals surface area contributed by atoms with Crippen LogP contribution in [-0.4, -0.2) is 20.6 Å². The van der Waals surface area contributed by atoms with Crippen LogP contribution in [0.1, 0.15) is 11.1 Å². The first-order chi connectivity index (χ1) is 11.5. The Morgan fingerprint density at radius 2 is 1.88 bits per heavy atom. The zero-order chi connectivity index (χ0) is 19.0. The Balaban J connectivity index is 2.87. The number of nitrogens with zero attached hydrogens (tertiary/aromatic N) is 1. The lowest BCUT2D eigenvalue weighted by atomic mass is 10.1. The van der Waals surface area contributed by atoms with Crippen LogP contribution >= 0.6 is 11.6 Å². The van der Waals surface area contributed by atoms with E-state index in [0.717, 1.165) is 31.4 Å². The standard InChI is InChI=1S/C15H9ClF3NO4S/c1-24-13-6-10(2-3-12(13)21)25(22,23)14-8(7-20)4-9(16)5-11(14)15(17,18)19/h2-6,21H,1H3. The number of rotatable bonds is 3. The van der Waals surface area contributed by atoms with Crippen molar-refractivity contribution in [1.29, 1.82) is 5.26 Å². The number of nitriles is 1. The minimum absolute atomic E-state index is 0.248. The van der Waals surface area contributed by atoms with Crippen LogP contribution in [0.3, 0.4) is 0 Å². The van der Waals surface area contributed by atoms with Gasteiger partial charge in [0, 0.05) is 11.1 Å². The van der Waals surface area contributed by atoms with E-state index in [2.05, 4.69) is 0 Å². The first-order valence-corrected chi connectivity index (χ1v) is 8.31. The van der Waals surface area contributed by atoms with Crippen LogP contribution in [0, 0.1) is 11.3 Å². The van der Waals surface area contributed by atoms with Gasteiger partial charge in [-0.05, 0) is 24.3 Å². The molecule has 0 saturated carbocycles. The molecule has 0 heterocycles. The Morgan fingerprint density at radius 3 is 2.40 bits per heavy atom. The van der Waals surface area contributed by atoms with E-state index in [0.29, 0.717) is 6.07 Å². The molecule has 1 N–H and O–H groups in total. The highest BCUT2D eigenvalue weighted by molar-refractivity contribution is 7.91. The highest BCUT2D eigenvalue weighted by atomic mass is 35.5. The quantitative estimate of drug-likeness (QED) is 0.860. The predicted octanol–water partition coefficient (Wildman–Crippen LogP) is 3.78. The second-order valence-electron chi connectivity index (χ2n) is 4.78. The molecule has 2 aromatic rings. The molecule has 0 atom stereocenters. The Hall–Kier alpha value is -2.44. The lowest BCUT2D eigenvalue weighted by Crippen LogP contribution is -2.15. The minimum atomic E-state index is -5.06. The van der Waals surface area contributed by atoms with Crippen LogP contribution in [0.15, 0.2) is 40.1 Å². The number of ether oxygens (including phenoxy) is 1. The van der Waals surface area contributed by atoms with Gasteiger partial charge in [0.15, 0.2) is 11.5 Å². The summed E-state index contributed by atoms with van der Waals surface area (Å²) in [6, 6.07) is 5.42. The number of hydrogen-bond acceptors (Lipinski definition) is 5. The van der Waals surface area contributed by atoms with Crippen molar-refractivity contribution >= 4 is 21.4 Å². The summed E-state index contributed by atoms with van der Waals surface area (Å²) >= 11 is 5.57. The number of halogens is 4. The highest BCUT2D eigenvalue weighted by Crippen LogP contribution is 2.41. The van der Waals surface area contributed by atoms with Gasteiger partial charge < -0.3 is 9.84 Å². The fourth-order valence-corrected chi connectivity index (χ4v) is 3.94. The van der Waals surface area contributed by atoms with E-state index in [-0.39, 0.29) is 5.75 Å². The minimum Gasteiger partial charge on any atom is -0.504 e. The molecule has 0 aliphatic carbocycles. The molecule has 0 aromatic heterocycles. The van der Waals surface area contributed by atoms with E-state index in [1.807, 2.05) is 0 Å². The van der Waals surface area contributed by atoms with E-state index in [1.165, 1.54) is 6.07 Å². The molecule has 0 saturated heterocycles. The van der Waals surface area contributed by atoms with Gasteiger partial charge in [0.05, 0.1) is 23.1 Å². The smallest absolute Gasteiger partial charge is 0.417 e. The van der Waals surface area contributed by atoms with Gasteiger partial charge in [0.2, 0.25) is 9.84 Å². The van der Waals surface area contributed by atoms with Crippen molar-refractivity contribution in [2.45, 2.75) is 16.0 Å². The Kier molecular flexibility index (Phi) is 4.88. The molecule has 10 heteroatoms. The molecular formula is C15H9ClF3NO4S. The first kappa shape index (κ1) is 18.9. The molecule has 0 amide bonds. The molecule has 5 nitrogen and oxygen atoms in total. The third-order valence-corrected chi connectivity index (χ3v) is 5.28. The van der Waals surface area contributed by atoms with Gasteiger partial charge in [-0.1, -0.05) is 11.6 Å². The van der Waals surface area contributed by atoms with Crippen LogP contribution in [0.25, 0.3) is 0 Å². The fourth-order valence-electron chi connectivity index (χ4n) is 2.12. The molecule has 132 valence electrons. The summed E-state index contributed by atoms with van der Waals surface area (Å²) in [6.45, 7) is 0. The van der Waals surface area contributed by atoms with E-state index in [9.17, 15) is 26.7 Å².